The fourth-order valence-electron chi connectivity index (χ4n) is 1.25. The molecule has 0 spiro atoms. The van der Waals surface area contributed by atoms with Crippen LogP contribution >= 0.6 is 23.2 Å². The fourth-order valence-corrected chi connectivity index (χ4v) is 1.46. The summed E-state index contributed by atoms with van der Waals surface area (Å²) in [4.78, 5) is 7.87. The molecular weight excluding hydrogens is 221 g/mol. The number of aromatic nitrogens is 3. The number of rotatable bonds is 2. The number of hydrogen-bond acceptors (Lipinski definition) is 2. The molecular formula is C9H9Cl2N3. The van der Waals surface area contributed by atoms with Gasteiger partial charge in [0, 0.05) is 12.4 Å². The Morgan fingerprint density at radius 3 is 2.86 bits per heavy atom. The van der Waals surface area contributed by atoms with E-state index in [1.54, 1.807) is 6.20 Å². The van der Waals surface area contributed by atoms with Crippen molar-refractivity contribution in [3.63, 3.8) is 0 Å². The number of hydrogen-bond donors (Lipinski definition) is 0. The predicted molar refractivity (Wildman–Crippen MR) is 56.8 cm³/mol. The quantitative estimate of drug-likeness (QED) is 0.742. The largest absolute Gasteiger partial charge is 0.304 e. The third-order valence-electron chi connectivity index (χ3n) is 2.00. The van der Waals surface area contributed by atoms with E-state index in [1.165, 1.54) is 0 Å². The highest BCUT2D eigenvalue weighted by Crippen LogP contribution is 2.23. The molecule has 0 aliphatic heterocycles. The molecule has 2 rings (SSSR count). The maximum atomic E-state index is 5.72. The topological polar surface area (TPSA) is 30.2 Å². The first-order valence-corrected chi connectivity index (χ1v) is 5.19. The van der Waals surface area contributed by atoms with Crippen molar-refractivity contribution in [2.75, 3.05) is 0 Å². The van der Waals surface area contributed by atoms with Crippen LogP contribution in [0.5, 0.6) is 0 Å². The average Bonchev–Trinajstić information content (AvgIpc) is 2.59. The lowest BCUT2D eigenvalue weighted by Crippen LogP contribution is -1.91. The molecule has 2 aromatic heterocycles. The van der Waals surface area contributed by atoms with Gasteiger partial charge in [0.1, 0.15) is 0 Å². The second-order valence-corrected chi connectivity index (χ2v) is 4.06. The average molecular weight is 230 g/mol. The first-order valence-electron chi connectivity index (χ1n) is 4.32. The molecule has 0 saturated heterocycles. The van der Waals surface area contributed by atoms with Crippen molar-refractivity contribution in [1.82, 2.24) is 14.4 Å². The molecule has 0 fully saturated rings. The first kappa shape index (κ1) is 9.74. The number of fused-ring (bicyclic) bond motifs is 1. The van der Waals surface area contributed by atoms with Crippen LogP contribution in [-0.4, -0.2) is 14.4 Å². The van der Waals surface area contributed by atoms with Gasteiger partial charge in [-0.15, -0.1) is 0 Å². The van der Waals surface area contributed by atoms with E-state index in [4.69, 9.17) is 23.2 Å². The van der Waals surface area contributed by atoms with Crippen molar-refractivity contribution >= 4 is 28.8 Å². The van der Waals surface area contributed by atoms with Crippen LogP contribution < -0.4 is 0 Å². The van der Waals surface area contributed by atoms with Gasteiger partial charge in [0.25, 0.3) is 0 Å². The van der Waals surface area contributed by atoms with Gasteiger partial charge in [-0.05, 0) is 6.42 Å². The summed E-state index contributed by atoms with van der Waals surface area (Å²) in [6, 6.07) is 0. The molecule has 0 atom stereocenters. The Morgan fingerprint density at radius 1 is 1.43 bits per heavy atom. The highest BCUT2D eigenvalue weighted by atomic mass is 35.5. The van der Waals surface area contributed by atoms with Crippen LogP contribution in [0.3, 0.4) is 0 Å². The molecule has 14 heavy (non-hydrogen) atoms. The standard InChI is InChI=1S/C9H9Cl2N3/c1-2-6-4-14-5-7(9(10)11)13-8(14)3-12-6/h3-5,9H,2H2,1H3. The Bertz CT molecular complexity index is 450. The smallest absolute Gasteiger partial charge is 0.155 e. The van der Waals surface area contributed by atoms with E-state index in [2.05, 4.69) is 16.9 Å². The van der Waals surface area contributed by atoms with Crippen LogP contribution in [0.1, 0.15) is 23.1 Å². The van der Waals surface area contributed by atoms with Gasteiger partial charge in [0.2, 0.25) is 0 Å². The molecule has 0 bridgehead atoms. The van der Waals surface area contributed by atoms with Crippen LogP contribution in [0.15, 0.2) is 18.6 Å². The zero-order valence-electron chi connectivity index (χ0n) is 7.61. The third-order valence-corrected chi connectivity index (χ3v) is 2.45. The number of imidazole rings is 1. The van der Waals surface area contributed by atoms with E-state index in [0.29, 0.717) is 5.69 Å². The lowest BCUT2D eigenvalue weighted by Gasteiger charge is -1.95. The van der Waals surface area contributed by atoms with Crippen LogP contribution in [0.4, 0.5) is 0 Å². The highest BCUT2D eigenvalue weighted by Gasteiger charge is 2.08. The van der Waals surface area contributed by atoms with E-state index < -0.39 is 4.84 Å². The van der Waals surface area contributed by atoms with Crippen molar-refractivity contribution in [3.05, 3.63) is 30.0 Å². The minimum Gasteiger partial charge on any atom is -0.304 e. The van der Waals surface area contributed by atoms with Crippen molar-refractivity contribution in [2.24, 2.45) is 0 Å². The van der Waals surface area contributed by atoms with Gasteiger partial charge in [-0.3, -0.25) is 4.98 Å². The highest BCUT2D eigenvalue weighted by molar-refractivity contribution is 6.43. The van der Waals surface area contributed by atoms with Gasteiger partial charge in [-0.1, -0.05) is 30.1 Å². The van der Waals surface area contributed by atoms with Gasteiger partial charge < -0.3 is 4.40 Å². The SMILES string of the molecule is CCc1cn2cc(C(Cl)Cl)nc2cn1. The summed E-state index contributed by atoms with van der Waals surface area (Å²) in [5, 5.41) is 0. The molecule has 0 aliphatic rings. The second kappa shape index (κ2) is 3.75. The molecule has 0 saturated carbocycles. The van der Waals surface area contributed by atoms with Crippen LogP contribution in [0, 0.1) is 0 Å². The predicted octanol–water partition coefficient (Wildman–Crippen LogP) is 2.77. The summed E-state index contributed by atoms with van der Waals surface area (Å²) in [5.41, 5.74) is 2.44. The van der Waals surface area contributed by atoms with Crippen molar-refractivity contribution in [1.29, 1.82) is 0 Å². The Morgan fingerprint density at radius 2 is 2.21 bits per heavy atom. The van der Waals surface area contributed by atoms with Gasteiger partial charge >= 0.3 is 0 Å². The lowest BCUT2D eigenvalue weighted by molar-refractivity contribution is 0.981. The van der Waals surface area contributed by atoms with Gasteiger partial charge in [0.05, 0.1) is 17.6 Å². The Hall–Kier alpha value is -0.800. The molecule has 0 radical (unpaired) electrons. The molecule has 0 N–H and O–H groups in total. The van der Waals surface area contributed by atoms with E-state index in [0.717, 1.165) is 17.8 Å². The molecule has 2 heterocycles. The summed E-state index contributed by atoms with van der Waals surface area (Å²) in [6.07, 6.45) is 6.37. The molecule has 0 unspecified atom stereocenters. The van der Waals surface area contributed by atoms with Crippen LogP contribution in [0.25, 0.3) is 5.65 Å². The monoisotopic (exact) mass is 229 g/mol. The minimum atomic E-state index is -0.583. The van der Waals surface area contributed by atoms with Crippen LogP contribution in [-0.2, 0) is 6.42 Å². The third kappa shape index (κ3) is 1.70. The molecule has 74 valence electrons. The fraction of sp³-hybridized carbons (Fsp3) is 0.333. The summed E-state index contributed by atoms with van der Waals surface area (Å²) < 4.78 is 1.89. The number of aryl methyl sites for hydroxylation is 1. The molecule has 3 nitrogen and oxygen atoms in total. The second-order valence-electron chi connectivity index (χ2n) is 2.96. The molecule has 2 aromatic rings. The van der Waals surface area contributed by atoms with Gasteiger partial charge in [0.15, 0.2) is 10.5 Å². The Balaban J connectivity index is 2.54. The number of nitrogens with zero attached hydrogens (tertiary/aromatic N) is 3. The lowest BCUT2D eigenvalue weighted by atomic mass is 10.3. The summed E-state index contributed by atoms with van der Waals surface area (Å²) >= 11 is 11.4. The molecule has 0 amide bonds. The maximum absolute atomic E-state index is 5.72. The summed E-state index contributed by atoms with van der Waals surface area (Å²) in [6.45, 7) is 2.05. The molecule has 0 aliphatic carbocycles. The van der Waals surface area contributed by atoms with E-state index in [-0.39, 0.29) is 0 Å². The summed E-state index contributed by atoms with van der Waals surface area (Å²) in [5.74, 6) is 0. The van der Waals surface area contributed by atoms with Crippen molar-refractivity contribution in [3.8, 4) is 0 Å². The summed E-state index contributed by atoms with van der Waals surface area (Å²) in [7, 11) is 0. The zero-order chi connectivity index (χ0) is 10.1. The van der Waals surface area contributed by atoms with Crippen molar-refractivity contribution in [2.45, 2.75) is 18.2 Å². The Kier molecular flexibility index (Phi) is 2.61. The van der Waals surface area contributed by atoms with E-state index >= 15 is 0 Å². The maximum Gasteiger partial charge on any atom is 0.155 e. The first-order chi connectivity index (χ1) is 6.70. The Labute approximate surface area is 91.7 Å². The normalized spacial score (nSPS) is 11.4. The molecule has 0 aromatic carbocycles. The molecule has 5 heteroatoms. The number of halogens is 2. The zero-order valence-corrected chi connectivity index (χ0v) is 9.13. The van der Waals surface area contributed by atoms with E-state index in [9.17, 15) is 0 Å². The number of alkyl halides is 2. The minimum absolute atomic E-state index is 0.583. The van der Waals surface area contributed by atoms with E-state index in [1.807, 2.05) is 16.8 Å². The van der Waals surface area contributed by atoms with Gasteiger partial charge in [-0.2, -0.15) is 0 Å². The van der Waals surface area contributed by atoms with Crippen LogP contribution in [0.2, 0.25) is 0 Å². The van der Waals surface area contributed by atoms with Gasteiger partial charge in [-0.25, -0.2) is 4.98 Å². The van der Waals surface area contributed by atoms with Crippen molar-refractivity contribution < 1.29 is 0 Å².